The van der Waals surface area contributed by atoms with Crippen LogP contribution in [0.1, 0.15) is 22.7 Å². The van der Waals surface area contributed by atoms with E-state index >= 15 is 0 Å². The minimum Gasteiger partial charge on any atom is -0.313 e. The second-order valence-electron chi connectivity index (χ2n) is 4.76. The maximum Gasteiger partial charge on any atom is 0.0483 e. The molecule has 106 valence electrons. The van der Waals surface area contributed by atoms with Crippen molar-refractivity contribution in [2.45, 2.75) is 19.4 Å². The molecule has 1 atom stereocenters. The predicted molar refractivity (Wildman–Crippen MR) is 88.2 cm³/mol. The fourth-order valence-electron chi connectivity index (χ4n) is 2.21. The van der Waals surface area contributed by atoms with Crippen LogP contribution in [0.15, 0.2) is 36.4 Å². The van der Waals surface area contributed by atoms with Gasteiger partial charge >= 0.3 is 0 Å². The summed E-state index contributed by atoms with van der Waals surface area (Å²) in [4.78, 5) is 0. The summed E-state index contributed by atoms with van der Waals surface area (Å²) < 4.78 is 0. The van der Waals surface area contributed by atoms with E-state index in [0.717, 1.165) is 28.1 Å². The van der Waals surface area contributed by atoms with Crippen LogP contribution >= 0.6 is 34.8 Å². The second kappa shape index (κ2) is 6.82. The van der Waals surface area contributed by atoms with Gasteiger partial charge < -0.3 is 5.32 Å². The molecule has 4 heteroatoms. The van der Waals surface area contributed by atoms with Crippen LogP contribution in [0, 0.1) is 6.92 Å². The third-order valence-electron chi connectivity index (χ3n) is 3.38. The zero-order chi connectivity index (χ0) is 14.7. The number of aryl methyl sites for hydroxylation is 1. The van der Waals surface area contributed by atoms with E-state index in [1.54, 1.807) is 6.07 Å². The number of hydrogen-bond acceptors (Lipinski definition) is 1. The van der Waals surface area contributed by atoms with E-state index in [2.05, 4.69) is 5.32 Å². The van der Waals surface area contributed by atoms with Gasteiger partial charge in [-0.2, -0.15) is 0 Å². The molecule has 0 aliphatic carbocycles. The van der Waals surface area contributed by atoms with Crippen molar-refractivity contribution in [1.82, 2.24) is 5.32 Å². The van der Waals surface area contributed by atoms with Crippen molar-refractivity contribution in [3.8, 4) is 0 Å². The van der Waals surface area contributed by atoms with Gasteiger partial charge in [0.15, 0.2) is 0 Å². The van der Waals surface area contributed by atoms with Gasteiger partial charge in [-0.15, -0.1) is 0 Å². The third-order valence-corrected chi connectivity index (χ3v) is 4.49. The average molecular weight is 329 g/mol. The highest BCUT2D eigenvalue weighted by Gasteiger charge is 2.16. The molecule has 2 rings (SSSR count). The first-order chi connectivity index (χ1) is 9.52. The molecule has 0 bridgehead atoms. The highest BCUT2D eigenvalue weighted by atomic mass is 35.5. The molecular weight excluding hydrogens is 313 g/mol. The summed E-state index contributed by atoms with van der Waals surface area (Å²) in [7, 11) is 1.92. The molecule has 0 aliphatic rings. The lowest BCUT2D eigenvalue weighted by Gasteiger charge is -2.20. The maximum atomic E-state index is 6.40. The van der Waals surface area contributed by atoms with Crippen LogP contribution < -0.4 is 5.32 Å². The van der Waals surface area contributed by atoms with Crippen molar-refractivity contribution in [2.75, 3.05) is 7.05 Å². The van der Waals surface area contributed by atoms with Gasteiger partial charge in [-0.1, -0.05) is 59.1 Å². The summed E-state index contributed by atoms with van der Waals surface area (Å²) in [6.45, 7) is 2.01. The zero-order valence-corrected chi connectivity index (χ0v) is 13.7. The van der Waals surface area contributed by atoms with E-state index in [1.165, 1.54) is 0 Å². The number of likely N-dealkylation sites (N-methyl/N-ethyl adjacent to an activating group) is 1. The van der Waals surface area contributed by atoms with Crippen LogP contribution in [0.25, 0.3) is 0 Å². The van der Waals surface area contributed by atoms with E-state index in [-0.39, 0.29) is 6.04 Å². The molecule has 1 N–H and O–H groups in total. The molecule has 0 spiro atoms. The van der Waals surface area contributed by atoms with E-state index in [0.29, 0.717) is 10.0 Å². The summed E-state index contributed by atoms with van der Waals surface area (Å²) in [5.41, 5.74) is 3.21. The van der Waals surface area contributed by atoms with Crippen LogP contribution in [0.2, 0.25) is 15.1 Å². The van der Waals surface area contributed by atoms with Gasteiger partial charge in [0.2, 0.25) is 0 Å². The van der Waals surface area contributed by atoms with E-state index in [9.17, 15) is 0 Å². The molecule has 20 heavy (non-hydrogen) atoms. The number of halogens is 3. The third kappa shape index (κ3) is 3.48. The maximum absolute atomic E-state index is 6.40. The first-order valence-electron chi connectivity index (χ1n) is 6.39. The van der Waals surface area contributed by atoms with Crippen LogP contribution in [0.4, 0.5) is 0 Å². The second-order valence-corrected chi connectivity index (χ2v) is 5.98. The molecule has 0 saturated carbocycles. The van der Waals surface area contributed by atoms with Gasteiger partial charge in [-0.05, 0) is 49.2 Å². The van der Waals surface area contributed by atoms with Crippen molar-refractivity contribution < 1.29 is 0 Å². The predicted octanol–water partition coefficient (Wildman–Crippen LogP) is 5.46. The first-order valence-corrected chi connectivity index (χ1v) is 7.52. The summed E-state index contributed by atoms with van der Waals surface area (Å²) in [6.07, 6.45) is 0.760. The van der Waals surface area contributed by atoms with Crippen LogP contribution in [-0.2, 0) is 6.42 Å². The summed E-state index contributed by atoms with van der Waals surface area (Å²) in [6, 6.07) is 11.8. The summed E-state index contributed by atoms with van der Waals surface area (Å²) in [5, 5.41) is 5.43. The van der Waals surface area contributed by atoms with Gasteiger partial charge in [0, 0.05) is 21.1 Å². The van der Waals surface area contributed by atoms with E-state index in [4.69, 9.17) is 34.8 Å². The Labute approximate surface area is 134 Å². The molecule has 0 radical (unpaired) electrons. The molecule has 1 unspecified atom stereocenters. The van der Waals surface area contributed by atoms with Gasteiger partial charge in [-0.25, -0.2) is 0 Å². The Balaban J connectivity index is 2.31. The smallest absolute Gasteiger partial charge is 0.0483 e. The normalized spacial score (nSPS) is 12.4. The monoisotopic (exact) mass is 327 g/mol. The van der Waals surface area contributed by atoms with Crippen LogP contribution in [0.3, 0.4) is 0 Å². The van der Waals surface area contributed by atoms with Gasteiger partial charge in [0.25, 0.3) is 0 Å². The van der Waals surface area contributed by atoms with E-state index in [1.807, 2.05) is 44.3 Å². The quantitative estimate of drug-likeness (QED) is 0.786. The highest BCUT2D eigenvalue weighted by molar-refractivity contribution is 6.35. The summed E-state index contributed by atoms with van der Waals surface area (Å²) >= 11 is 18.6. The van der Waals surface area contributed by atoms with Gasteiger partial charge in [0.05, 0.1) is 0 Å². The fraction of sp³-hybridized carbons (Fsp3) is 0.250. The number of hydrogen-bond donors (Lipinski definition) is 1. The first kappa shape index (κ1) is 15.7. The van der Waals surface area contributed by atoms with Crippen molar-refractivity contribution in [2.24, 2.45) is 0 Å². The molecule has 0 amide bonds. The number of rotatable bonds is 4. The van der Waals surface area contributed by atoms with Crippen molar-refractivity contribution in [3.63, 3.8) is 0 Å². The Morgan fingerprint density at radius 1 is 1.10 bits per heavy atom. The molecule has 0 fully saturated rings. The Bertz CT molecular complexity index is 611. The number of benzene rings is 2. The molecule has 0 aromatic heterocycles. The average Bonchev–Trinajstić information content (AvgIpc) is 2.42. The van der Waals surface area contributed by atoms with Crippen LogP contribution in [0.5, 0.6) is 0 Å². The highest BCUT2D eigenvalue weighted by Crippen LogP contribution is 2.30. The molecular formula is C16H16Cl3N. The van der Waals surface area contributed by atoms with Crippen molar-refractivity contribution in [1.29, 1.82) is 0 Å². The molecule has 2 aromatic carbocycles. The fourth-order valence-corrected chi connectivity index (χ4v) is 2.96. The molecule has 0 saturated heterocycles. The minimum absolute atomic E-state index is 0.112. The minimum atomic E-state index is 0.112. The largest absolute Gasteiger partial charge is 0.313 e. The van der Waals surface area contributed by atoms with Gasteiger partial charge in [0.1, 0.15) is 0 Å². The lowest BCUT2D eigenvalue weighted by Crippen LogP contribution is -2.19. The molecule has 0 heterocycles. The molecule has 1 nitrogen and oxygen atoms in total. The number of nitrogens with one attached hydrogen (secondary N) is 1. The van der Waals surface area contributed by atoms with Gasteiger partial charge in [-0.3, -0.25) is 0 Å². The standard InChI is InChI=1S/C16H16Cl3N/c1-10-4-3-5-13(16(10)19)15(20-2)8-11-6-7-12(17)9-14(11)18/h3-7,9,15,20H,8H2,1-2H3. The Morgan fingerprint density at radius 2 is 1.85 bits per heavy atom. The Morgan fingerprint density at radius 3 is 2.50 bits per heavy atom. The lowest BCUT2D eigenvalue weighted by atomic mass is 9.97. The SMILES string of the molecule is CNC(Cc1ccc(Cl)cc1Cl)c1cccc(C)c1Cl. The zero-order valence-electron chi connectivity index (χ0n) is 11.4. The van der Waals surface area contributed by atoms with Crippen molar-refractivity contribution in [3.05, 3.63) is 68.2 Å². The Hall–Kier alpha value is -0.730. The van der Waals surface area contributed by atoms with Crippen LogP contribution in [-0.4, -0.2) is 7.05 Å². The van der Waals surface area contributed by atoms with E-state index < -0.39 is 0 Å². The summed E-state index contributed by atoms with van der Waals surface area (Å²) in [5.74, 6) is 0. The van der Waals surface area contributed by atoms with Crippen molar-refractivity contribution >= 4 is 34.8 Å². The lowest BCUT2D eigenvalue weighted by molar-refractivity contribution is 0.592. The Kier molecular flexibility index (Phi) is 5.34. The molecule has 2 aromatic rings. The topological polar surface area (TPSA) is 12.0 Å². The molecule has 0 aliphatic heterocycles.